The van der Waals surface area contributed by atoms with E-state index in [1.54, 1.807) is 0 Å². The van der Waals surface area contributed by atoms with Crippen molar-refractivity contribution in [1.29, 1.82) is 0 Å². The van der Waals surface area contributed by atoms with E-state index in [1.165, 1.54) is 51.5 Å². The van der Waals surface area contributed by atoms with Crippen LogP contribution in [0.25, 0.3) is 0 Å². The lowest BCUT2D eigenvalue weighted by molar-refractivity contribution is 0.564. The van der Waals surface area contributed by atoms with Gasteiger partial charge in [-0.1, -0.05) is 52.4 Å². The molecule has 0 saturated carbocycles. The molecule has 0 unspecified atom stereocenters. The predicted molar refractivity (Wildman–Crippen MR) is 60.8 cm³/mol. The molecule has 0 saturated heterocycles. The molecule has 0 fully saturated rings. The highest BCUT2D eigenvalue weighted by Crippen LogP contribution is 2.06. The largest absolute Gasteiger partial charge is 0.317 e. The van der Waals surface area contributed by atoms with E-state index in [2.05, 4.69) is 19.2 Å². The van der Waals surface area contributed by atoms with Gasteiger partial charge in [0.05, 0.1) is 0 Å². The Morgan fingerprint density at radius 3 is 2.08 bits per heavy atom. The molecule has 0 aliphatic carbocycles. The summed E-state index contributed by atoms with van der Waals surface area (Å²) in [7, 11) is 0. The highest BCUT2D eigenvalue weighted by atomic mass is 14.8. The first-order chi connectivity index (χ1) is 6.41. The molecule has 0 aliphatic heterocycles. The van der Waals surface area contributed by atoms with E-state index in [0.717, 1.165) is 13.0 Å². The summed E-state index contributed by atoms with van der Waals surface area (Å²) >= 11 is 0. The Morgan fingerprint density at radius 1 is 0.846 bits per heavy atom. The fourth-order valence-electron chi connectivity index (χ4n) is 1.46. The molecule has 0 spiro atoms. The molecule has 0 aromatic carbocycles. The van der Waals surface area contributed by atoms with Gasteiger partial charge in [0, 0.05) is 0 Å². The van der Waals surface area contributed by atoms with Crippen LogP contribution in [0.15, 0.2) is 0 Å². The van der Waals surface area contributed by atoms with E-state index in [-0.39, 0.29) is 0 Å². The lowest BCUT2D eigenvalue weighted by Crippen LogP contribution is -2.15. The standard InChI is InChI=1S/C12H26N/c1-3-5-6-7-8-9-10-12-13-11-4-2/h13H,2-12H2,1H3. The Labute approximate surface area is 84.3 Å². The van der Waals surface area contributed by atoms with E-state index >= 15 is 0 Å². The van der Waals surface area contributed by atoms with Gasteiger partial charge in [0.25, 0.3) is 0 Å². The second-order valence-electron chi connectivity index (χ2n) is 3.72. The van der Waals surface area contributed by atoms with Crippen LogP contribution in [0.2, 0.25) is 0 Å². The third-order valence-electron chi connectivity index (χ3n) is 2.31. The minimum Gasteiger partial charge on any atom is -0.317 e. The third-order valence-corrected chi connectivity index (χ3v) is 2.31. The topological polar surface area (TPSA) is 12.0 Å². The zero-order valence-electron chi connectivity index (χ0n) is 9.28. The number of hydrogen-bond acceptors (Lipinski definition) is 1. The number of nitrogens with one attached hydrogen (secondary N) is 1. The van der Waals surface area contributed by atoms with Gasteiger partial charge in [-0.05, 0) is 25.9 Å². The van der Waals surface area contributed by atoms with Crippen LogP contribution in [-0.2, 0) is 0 Å². The maximum Gasteiger partial charge on any atom is -0.00489 e. The Hall–Kier alpha value is -0.0400. The SMILES string of the molecule is [CH2]CCNCCCCCCCCC. The van der Waals surface area contributed by atoms with Gasteiger partial charge >= 0.3 is 0 Å². The first kappa shape index (κ1) is 13.0. The van der Waals surface area contributed by atoms with Crippen molar-refractivity contribution < 1.29 is 0 Å². The van der Waals surface area contributed by atoms with Gasteiger partial charge in [0.2, 0.25) is 0 Å². The molecule has 0 bridgehead atoms. The third kappa shape index (κ3) is 12.0. The summed E-state index contributed by atoms with van der Waals surface area (Å²) in [6.07, 6.45) is 10.8. The van der Waals surface area contributed by atoms with Gasteiger partial charge in [-0.15, -0.1) is 0 Å². The van der Waals surface area contributed by atoms with Gasteiger partial charge in [0.1, 0.15) is 0 Å². The van der Waals surface area contributed by atoms with Crippen LogP contribution in [0.4, 0.5) is 0 Å². The van der Waals surface area contributed by atoms with Crippen molar-refractivity contribution in [3.05, 3.63) is 6.92 Å². The van der Waals surface area contributed by atoms with Gasteiger partial charge < -0.3 is 5.32 Å². The molecule has 0 heterocycles. The summed E-state index contributed by atoms with van der Waals surface area (Å²) in [6, 6.07) is 0. The maximum atomic E-state index is 3.79. The average molecular weight is 184 g/mol. The number of unbranched alkanes of at least 4 members (excludes halogenated alkanes) is 6. The van der Waals surface area contributed by atoms with Crippen molar-refractivity contribution in [3.8, 4) is 0 Å². The fraction of sp³-hybridized carbons (Fsp3) is 0.917. The van der Waals surface area contributed by atoms with Crippen molar-refractivity contribution in [2.24, 2.45) is 0 Å². The van der Waals surface area contributed by atoms with Gasteiger partial charge in [-0.2, -0.15) is 0 Å². The monoisotopic (exact) mass is 184 g/mol. The maximum absolute atomic E-state index is 3.79. The second-order valence-corrected chi connectivity index (χ2v) is 3.72. The van der Waals surface area contributed by atoms with E-state index in [0.29, 0.717) is 0 Å². The fourth-order valence-corrected chi connectivity index (χ4v) is 1.46. The first-order valence-electron chi connectivity index (χ1n) is 5.91. The van der Waals surface area contributed by atoms with Crippen LogP contribution in [0, 0.1) is 6.92 Å². The van der Waals surface area contributed by atoms with E-state index in [9.17, 15) is 0 Å². The Bertz CT molecular complexity index is 71.2. The van der Waals surface area contributed by atoms with Crippen LogP contribution in [-0.4, -0.2) is 13.1 Å². The van der Waals surface area contributed by atoms with Crippen LogP contribution in [0.3, 0.4) is 0 Å². The van der Waals surface area contributed by atoms with Crippen LogP contribution in [0.5, 0.6) is 0 Å². The summed E-state index contributed by atoms with van der Waals surface area (Å²) in [5.74, 6) is 0. The quantitative estimate of drug-likeness (QED) is 0.512. The molecule has 79 valence electrons. The lowest BCUT2D eigenvalue weighted by atomic mass is 10.1. The summed E-state index contributed by atoms with van der Waals surface area (Å²) in [4.78, 5) is 0. The zero-order chi connectivity index (χ0) is 9.78. The molecule has 0 aromatic rings. The van der Waals surface area contributed by atoms with Crippen molar-refractivity contribution in [1.82, 2.24) is 5.32 Å². The molecular weight excluding hydrogens is 158 g/mol. The molecule has 0 amide bonds. The molecule has 0 aromatic heterocycles. The second kappa shape index (κ2) is 12.0. The lowest BCUT2D eigenvalue weighted by Gasteiger charge is -2.02. The number of hydrogen-bond donors (Lipinski definition) is 1. The normalized spacial score (nSPS) is 10.6. The first-order valence-corrected chi connectivity index (χ1v) is 5.91. The molecule has 1 nitrogen and oxygen atoms in total. The van der Waals surface area contributed by atoms with Gasteiger partial charge in [-0.3, -0.25) is 0 Å². The summed E-state index contributed by atoms with van der Waals surface area (Å²) in [5.41, 5.74) is 0. The Kier molecular flexibility index (Phi) is 11.9. The van der Waals surface area contributed by atoms with E-state index in [4.69, 9.17) is 0 Å². The minimum absolute atomic E-state index is 1.01. The van der Waals surface area contributed by atoms with Gasteiger partial charge in [-0.25, -0.2) is 0 Å². The van der Waals surface area contributed by atoms with Crippen LogP contribution < -0.4 is 5.32 Å². The summed E-state index contributed by atoms with van der Waals surface area (Å²) in [5, 5.41) is 3.37. The number of rotatable bonds is 10. The van der Waals surface area contributed by atoms with Gasteiger partial charge in [0.15, 0.2) is 0 Å². The van der Waals surface area contributed by atoms with Crippen molar-refractivity contribution in [2.45, 2.75) is 58.3 Å². The van der Waals surface area contributed by atoms with E-state index < -0.39 is 0 Å². The molecular formula is C12H26N. The van der Waals surface area contributed by atoms with Crippen molar-refractivity contribution in [3.63, 3.8) is 0 Å². The zero-order valence-corrected chi connectivity index (χ0v) is 9.28. The molecule has 13 heavy (non-hydrogen) atoms. The average Bonchev–Trinajstić information content (AvgIpc) is 2.16. The Balaban J connectivity index is 2.76. The van der Waals surface area contributed by atoms with E-state index in [1.807, 2.05) is 0 Å². The molecule has 0 atom stereocenters. The van der Waals surface area contributed by atoms with Crippen molar-refractivity contribution >= 4 is 0 Å². The highest BCUT2D eigenvalue weighted by Gasteiger charge is 1.90. The van der Waals surface area contributed by atoms with Crippen LogP contribution >= 0.6 is 0 Å². The summed E-state index contributed by atoms with van der Waals surface area (Å²) < 4.78 is 0. The molecule has 0 rings (SSSR count). The molecule has 1 heteroatoms. The molecule has 0 aliphatic rings. The van der Waals surface area contributed by atoms with Crippen LogP contribution in [0.1, 0.15) is 58.3 Å². The smallest absolute Gasteiger partial charge is 0.00489 e. The molecule has 1 N–H and O–H groups in total. The van der Waals surface area contributed by atoms with Crippen molar-refractivity contribution in [2.75, 3.05) is 13.1 Å². The predicted octanol–water partition coefficient (Wildman–Crippen LogP) is 3.55. The molecule has 1 radical (unpaired) electrons. The summed E-state index contributed by atoms with van der Waals surface area (Å²) in [6.45, 7) is 8.32. The Morgan fingerprint density at radius 2 is 1.46 bits per heavy atom. The minimum atomic E-state index is 1.01. The highest BCUT2D eigenvalue weighted by molar-refractivity contribution is 4.50.